The van der Waals surface area contributed by atoms with Crippen molar-refractivity contribution in [2.75, 3.05) is 19.7 Å². The van der Waals surface area contributed by atoms with Crippen molar-refractivity contribution < 1.29 is 23.8 Å². The van der Waals surface area contributed by atoms with Crippen LogP contribution in [0.2, 0.25) is 5.02 Å². The van der Waals surface area contributed by atoms with Gasteiger partial charge in [-0.25, -0.2) is 24.1 Å². The van der Waals surface area contributed by atoms with Gasteiger partial charge in [-0.05, 0) is 42.7 Å². The number of aromatic nitrogens is 4. The summed E-state index contributed by atoms with van der Waals surface area (Å²) in [4.78, 5) is 27.3. The summed E-state index contributed by atoms with van der Waals surface area (Å²) in [6.07, 6.45) is 5.54. The van der Waals surface area contributed by atoms with E-state index in [1.807, 2.05) is 12.1 Å². The van der Waals surface area contributed by atoms with E-state index in [1.54, 1.807) is 24.3 Å². The fourth-order valence-electron chi connectivity index (χ4n) is 4.90. The lowest BCUT2D eigenvalue weighted by atomic mass is 10.0. The molecule has 0 radical (unpaired) electrons. The zero-order valence-corrected chi connectivity index (χ0v) is 22.4. The minimum Gasteiger partial charge on any atom is -0.477 e. The van der Waals surface area contributed by atoms with E-state index in [2.05, 4.69) is 25.5 Å². The highest BCUT2D eigenvalue weighted by Gasteiger charge is 2.24. The third-order valence-electron chi connectivity index (χ3n) is 7.21. The fourth-order valence-corrected chi connectivity index (χ4v) is 5.06. The first-order valence-electron chi connectivity index (χ1n) is 13.1. The van der Waals surface area contributed by atoms with E-state index in [4.69, 9.17) is 26.1 Å². The Morgan fingerprint density at radius 3 is 2.83 bits per heavy atom. The Balaban J connectivity index is 1.15. The zero-order chi connectivity index (χ0) is 27.6. The van der Waals surface area contributed by atoms with Crippen LogP contribution in [0.5, 0.6) is 5.88 Å². The number of nitrogens with zero attached hydrogens (tertiary/aromatic N) is 5. The van der Waals surface area contributed by atoms with E-state index in [0.717, 1.165) is 48.6 Å². The molecule has 0 aliphatic carbocycles. The van der Waals surface area contributed by atoms with Gasteiger partial charge in [-0.3, -0.25) is 4.90 Å². The number of rotatable bonds is 9. The second kappa shape index (κ2) is 11.3. The molecule has 1 atom stereocenters. The normalized spacial score (nSPS) is 17.4. The molecule has 0 amide bonds. The lowest BCUT2D eigenvalue weighted by Crippen LogP contribution is -2.33. The molecule has 2 aliphatic heterocycles. The number of ether oxygens (including phenoxy) is 2. The number of hydrogen-bond acceptors (Lipinski definition) is 7. The maximum absolute atomic E-state index is 14.1. The van der Waals surface area contributed by atoms with Gasteiger partial charge in [0.25, 0.3) is 0 Å². The van der Waals surface area contributed by atoms with Crippen molar-refractivity contribution in [3.63, 3.8) is 0 Å². The topological polar surface area (TPSA) is 103 Å². The van der Waals surface area contributed by atoms with Crippen LogP contribution in [0.3, 0.4) is 0 Å². The molecule has 11 heteroatoms. The number of pyridine rings is 2. The number of carbonyl (C=O) groups is 1. The number of halogens is 2. The Kier molecular flexibility index (Phi) is 7.46. The van der Waals surface area contributed by atoms with E-state index in [0.29, 0.717) is 41.6 Å². The SMILES string of the molecule is O=C(O)c1cc2c(cn1)nc(CN1CC=C(c3cccc(OCc4ccc(Cl)cc4F)n3)CC1)n2C[C@@H]1CCO1. The minimum atomic E-state index is -1.06. The second-order valence-corrected chi connectivity index (χ2v) is 10.3. The van der Waals surface area contributed by atoms with E-state index in [9.17, 15) is 14.3 Å². The largest absolute Gasteiger partial charge is 0.477 e. The molecule has 1 fully saturated rings. The van der Waals surface area contributed by atoms with E-state index >= 15 is 0 Å². The lowest BCUT2D eigenvalue weighted by Gasteiger charge is -2.29. The molecule has 5 heterocycles. The fraction of sp³-hybridized carbons (Fsp3) is 0.310. The average Bonchev–Trinajstić information content (AvgIpc) is 3.26. The van der Waals surface area contributed by atoms with Crippen molar-refractivity contribution >= 4 is 34.2 Å². The summed E-state index contributed by atoms with van der Waals surface area (Å²) in [6, 6.07) is 11.7. The zero-order valence-electron chi connectivity index (χ0n) is 21.6. The molecule has 206 valence electrons. The van der Waals surface area contributed by atoms with Crippen LogP contribution < -0.4 is 4.74 Å². The molecule has 1 saturated heterocycles. The average molecular weight is 564 g/mol. The van der Waals surface area contributed by atoms with Crippen LogP contribution in [0, 0.1) is 5.82 Å². The van der Waals surface area contributed by atoms with Crippen molar-refractivity contribution in [3.8, 4) is 5.88 Å². The first kappa shape index (κ1) is 26.4. The predicted octanol–water partition coefficient (Wildman–Crippen LogP) is 4.97. The maximum Gasteiger partial charge on any atom is 0.354 e. The van der Waals surface area contributed by atoms with E-state index in [-0.39, 0.29) is 18.4 Å². The standard InChI is InChI=1S/C29H27ClFN5O4/c30-20-5-4-19(22(31)12-20)17-40-28-3-1-2-23(34-28)18-6-9-35(10-7-18)16-27-33-25-14-32-24(29(37)38)13-26(25)36(27)15-21-8-11-39-21/h1-6,12-14,21H,7-11,15-17H2,(H,37,38)/t21-/m0/s1. The number of fused-ring (bicyclic) bond motifs is 1. The number of carboxylic acid groups (broad SMARTS) is 1. The molecule has 3 aromatic heterocycles. The predicted molar refractivity (Wildman–Crippen MR) is 147 cm³/mol. The molecular formula is C29H27ClFN5O4. The van der Waals surface area contributed by atoms with Crippen LogP contribution in [-0.2, 0) is 24.4 Å². The Morgan fingerprint density at radius 2 is 2.10 bits per heavy atom. The highest BCUT2D eigenvalue weighted by molar-refractivity contribution is 6.30. The number of carboxylic acids is 1. The van der Waals surface area contributed by atoms with Gasteiger partial charge in [0.15, 0.2) is 0 Å². The Hall–Kier alpha value is -3.86. The van der Waals surface area contributed by atoms with Crippen LogP contribution in [-0.4, -0.2) is 61.3 Å². The van der Waals surface area contributed by atoms with E-state index in [1.165, 1.54) is 12.3 Å². The summed E-state index contributed by atoms with van der Waals surface area (Å²) in [7, 11) is 0. The number of aromatic carboxylic acids is 1. The Labute approximate surface area is 234 Å². The van der Waals surface area contributed by atoms with Gasteiger partial charge in [0.2, 0.25) is 5.88 Å². The summed E-state index contributed by atoms with van der Waals surface area (Å²) in [5.41, 5.74) is 3.78. The minimum absolute atomic E-state index is 0.00251. The summed E-state index contributed by atoms with van der Waals surface area (Å²) in [5, 5.41) is 9.76. The lowest BCUT2D eigenvalue weighted by molar-refractivity contribution is -0.0591. The van der Waals surface area contributed by atoms with Gasteiger partial charge in [0.1, 0.15) is 29.5 Å². The van der Waals surface area contributed by atoms with Crippen molar-refractivity contribution in [2.24, 2.45) is 0 Å². The summed E-state index contributed by atoms with van der Waals surface area (Å²) in [5.74, 6) is -0.192. The monoisotopic (exact) mass is 563 g/mol. The van der Waals surface area contributed by atoms with Crippen LogP contribution in [0.25, 0.3) is 16.6 Å². The van der Waals surface area contributed by atoms with Crippen molar-refractivity contribution in [2.45, 2.75) is 38.6 Å². The molecule has 6 rings (SSSR count). The third kappa shape index (κ3) is 5.70. The van der Waals surface area contributed by atoms with Crippen LogP contribution in [0.1, 0.15) is 40.4 Å². The molecule has 40 heavy (non-hydrogen) atoms. The Bertz CT molecular complexity index is 1600. The molecule has 0 saturated carbocycles. The molecule has 9 nitrogen and oxygen atoms in total. The van der Waals surface area contributed by atoms with Crippen LogP contribution >= 0.6 is 11.6 Å². The number of benzene rings is 1. The highest BCUT2D eigenvalue weighted by Crippen LogP contribution is 2.26. The van der Waals surface area contributed by atoms with Gasteiger partial charge in [-0.15, -0.1) is 0 Å². The van der Waals surface area contributed by atoms with Gasteiger partial charge in [0.05, 0.1) is 36.6 Å². The number of imidazole rings is 1. The van der Waals surface area contributed by atoms with Crippen molar-refractivity contribution in [3.05, 3.63) is 88.4 Å². The number of hydrogen-bond donors (Lipinski definition) is 1. The van der Waals surface area contributed by atoms with Gasteiger partial charge in [-0.1, -0.05) is 29.8 Å². The first-order valence-corrected chi connectivity index (χ1v) is 13.5. The molecule has 2 aliphatic rings. The molecular weight excluding hydrogens is 537 g/mol. The van der Waals surface area contributed by atoms with Gasteiger partial charge in [-0.2, -0.15) is 0 Å². The van der Waals surface area contributed by atoms with Gasteiger partial charge < -0.3 is 19.1 Å². The summed E-state index contributed by atoms with van der Waals surface area (Å²) >= 11 is 5.83. The summed E-state index contributed by atoms with van der Waals surface area (Å²) < 4.78 is 27.6. The van der Waals surface area contributed by atoms with E-state index < -0.39 is 11.8 Å². The maximum atomic E-state index is 14.1. The van der Waals surface area contributed by atoms with Crippen molar-refractivity contribution in [1.82, 2.24) is 24.4 Å². The molecule has 1 N–H and O–H groups in total. The van der Waals surface area contributed by atoms with Crippen molar-refractivity contribution in [1.29, 1.82) is 0 Å². The highest BCUT2D eigenvalue weighted by atomic mass is 35.5. The molecule has 1 aromatic carbocycles. The Morgan fingerprint density at radius 1 is 1.23 bits per heavy atom. The van der Waals surface area contributed by atoms with Crippen LogP contribution in [0.4, 0.5) is 4.39 Å². The van der Waals surface area contributed by atoms with Gasteiger partial charge >= 0.3 is 5.97 Å². The summed E-state index contributed by atoms with van der Waals surface area (Å²) in [6.45, 7) is 3.54. The molecule has 4 aromatic rings. The van der Waals surface area contributed by atoms with Crippen LogP contribution in [0.15, 0.2) is 54.7 Å². The molecule has 0 unspecified atom stereocenters. The molecule has 0 spiro atoms. The van der Waals surface area contributed by atoms with Gasteiger partial charge in [0, 0.05) is 36.3 Å². The first-order chi connectivity index (χ1) is 19.4. The quantitative estimate of drug-likeness (QED) is 0.304. The molecule has 0 bridgehead atoms. The second-order valence-electron chi connectivity index (χ2n) is 9.88. The smallest absolute Gasteiger partial charge is 0.354 e. The third-order valence-corrected chi connectivity index (χ3v) is 7.45.